The quantitative estimate of drug-likeness (QED) is 0.693. The van der Waals surface area contributed by atoms with Gasteiger partial charge in [0.05, 0.1) is 22.3 Å². The van der Waals surface area contributed by atoms with Crippen LogP contribution in [-0.4, -0.2) is 19.7 Å². The van der Waals surface area contributed by atoms with Crippen LogP contribution < -0.4 is 0 Å². The lowest BCUT2D eigenvalue weighted by molar-refractivity contribution is 0.756. The molecule has 4 nitrogen and oxygen atoms in total. The lowest BCUT2D eigenvalue weighted by atomic mass is 10.2. The Bertz CT molecular complexity index is 691. The van der Waals surface area contributed by atoms with E-state index in [0.29, 0.717) is 0 Å². The molecule has 0 amide bonds. The number of nitrogens with one attached hydrogen (secondary N) is 1. The van der Waals surface area contributed by atoms with Gasteiger partial charge in [0.2, 0.25) is 0 Å². The summed E-state index contributed by atoms with van der Waals surface area (Å²) >= 11 is 0. The maximum absolute atomic E-state index is 4.65. The number of nitrogens with zero attached hydrogens (tertiary/aromatic N) is 3. The highest BCUT2D eigenvalue weighted by Crippen LogP contribution is 2.24. The predicted octanol–water partition coefficient (Wildman–Crippen LogP) is 2.58. The molecule has 3 rings (SSSR count). The molecular formula is C13H14N4. The Hall–Kier alpha value is -2.10. The molecule has 4 heteroatoms. The summed E-state index contributed by atoms with van der Waals surface area (Å²) in [6.07, 6.45) is 1.99. The Morgan fingerprint density at radius 1 is 1.24 bits per heavy atom. The number of fused-ring (bicyclic) bond motifs is 1. The van der Waals surface area contributed by atoms with Crippen LogP contribution in [-0.2, 0) is 7.05 Å². The number of hydrogen-bond donors (Lipinski definition) is 1. The molecule has 1 aromatic carbocycles. The van der Waals surface area contributed by atoms with Crippen LogP contribution in [0, 0.1) is 13.8 Å². The largest absolute Gasteiger partial charge is 0.338 e. The van der Waals surface area contributed by atoms with Crippen LogP contribution in [0.4, 0.5) is 0 Å². The first-order chi connectivity index (χ1) is 8.15. The second-order valence-corrected chi connectivity index (χ2v) is 4.36. The average Bonchev–Trinajstić information content (AvgIpc) is 2.82. The average molecular weight is 226 g/mol. The van der Waals surface area contributed by atoms with Gasteiger partial charge in [-0.2, -0.15) is 5.10 Å². The van der Waals surface area contributed by atoms with Gasteiger partial charge in [0.15, 0.2) is 0 Å². The minimum Gasteiger partial charge on any atom is -0.338 e. The van der Waals surface area contributed by atoms with Crippen molar-refractivity contribution in [3.05, 3.63) is 35.7 Å². The smallest absolute Gasteiger partial charge is 0.141 e. The van der Waals surface area contributed by atoms with Gasteiger partial charge in [-0.15, -0.1) is 0 Å². The summed E-state index contributed by atoms with van der Waals surface area (Å²) in [6.45, 7) is 4.07. The third-order valence-corrected chi connectivity index (χ3v) is 2.98. The Morgan fingerprint density at radius 2 is 2.06 bits per heavy atom. The second kappa shape index (κ2) is 3.45. The van der Waals surface area contributed by atoms with Crippen molar-refractivity contribution in [2.45, 2.75) is 13.8 Å². The number of aromatic amines is 1. The van der Waals surface area contributed by atoms with E-state index < -0.39 is 0 Å². The first kappa shape index (κ1) is 10.1. The van der Waals surface area contributed by atoms with Gasteiger partial charge in [-0.05, 0) is 25.5 Å². The van der Waals surface area contributed by atoms with Gasteiger partial charge in [-0.1, -0.05) is 12.1 Å². The van der Waals surface area contributed by atoms with Gasteiger partial charge in [0, 0.05) is 13.2 Å². The summed E-state index contributed by atoms with van der Waals surface area (Å²) in [5, 5.41) is 4.34. The number of aryl methyl sites for hydroxylation is 3. The van der Waals surface area contributed by atoms with E-state index in [1.54, 1.807) is 0 Å². The van der Waals surface area contributed by atoms with Gasteiger partial charge in [-0.3, -0.25) is 4.68 Å². The third-order valence-electron chi connectivity index (χ3n) is 2.98. The monoisotopic (exact) mass is 226 g/mol. The number of H-pyrrole nitrogens is 1. The molecule has 0 aliphatic carbocycles. The molecule has 0 radical (unpaired) electrons. The van der Waals surface area contributed by atoms with Crippen LogP contribution in [0.1, 0.15) is 11.3 Å². The first-order valence-corrected chi connectivity index (χ1v) is 5.61. The summed E-state index contributed by atoms with van der Waals surface area (Å²) in [5.74, 6) is 0.889. The lowest BCUT2D eigenvalue weighted by Crippen LogP contribution is -1.86. The molecular weight excluding hydrogens is 212 g/mol. The summed E-state index contributed by atoms with van der Waals surface area (Å²) in [7, 11) is 1.92. The van der Waals surface area contributed by atoms with Crippen LogP contribution in [0.3, 0.4) is 0 Å². The predicted molar refractivity (Wildman–Crippen MR) is 67.8 cm³/mol. The van der Waals surface area contributed by atoms with Crippen LogP contribution in [0.25, 0.3) is 22.4 Å². The normalized spacial score (nSPS) is 11.2. The van der Waals surface area contributed by atoms with Crippen molar-refractivity contribution in [3.8, 4) is 11.4 Å². The van der Waals surface area contributed by atoms with E-state index in [-0.39, 0.29) is 0 Å². The number of rotatable bonds is 1. The van der Waals surface area contributed by atoms with Crippen molar-refractivity contribution in [1.29, 1.82) is 0 Å². The molecule has 0 saturated heterocycles. The van der Waals surface area contributed by atoms with Crippen LogP contribution in [0.5, 0.6) is 0 Å². The van der Waals surface area contributed by atoms with Gasteiger partial charge >= 0.3 is 0 Å². The van der Waals surface area contributed by atoms with E-state index in [4.69, 9.17) is 0 Å². The minimum absolute atomic E-state index is 0.889. The second-order valence-electron chi connectivity index (χ2n) is 4.36. The van der Waals surface area contributed by atoms with Crippen LogP contribution >= 0.6 is 0 Å². The summed E-state index contributed by atoms with van der Waals surface area (Å²) in [6, 6.07) is 6.16. The summed E-state index contributed by atoms with van der Waals surface area (Å²) in [4.78, 5) is 7.99. The zero-order valence-electron chi connectivity index (χ0n) is 10.2. The van der Waals surface area contributed by atoms with E-state index in [2.05, 4.69) is 28.1 Å². The molecule has 0 bridgehead atoms. The number of hydrogen-bond acceptors (Lipinski definition) is 2. The Labute approximate surface area is 99.3 Å². The fraction of sp³-hybridized carbons (Fsp3) is 0.231. The molecule has 17 heavy (non-hydrogen) atoms. The zero-order chi connectivity index (χ0) is 12.0. The molecule has 3 aromatic rings. The maximum Gasteiger partial charge on any atom is 0.141 e. The van der Waals surface area contributed by atoms with E-state index in [0.717, 1.165) is 28.1 Å². The van der Waals surface area contributed by atoms with Crippen molar-refractivity contribution in [2.24, 2.45) is 7.05 Å². The Morgan fingerprint density at radius 3 is 2.71 bits per heavy atom. The highest BCUT2D eigenvalue weighted by atomic mass is 15.3. The topological polar surface area (TPSA) is 46.5 Å². The van der Waals surface area contributed by atoms with Crippen molar-refractivity contribution in [2.75, 3.05) is 0 Å². The van der Waals surface area contributed by atoms with Crippen molar-refractivity contribution >= 4 is 11.0 Å². The van der Waals surface area contributed by atoms with Gasteiger partial charge in [0.1, 0.15) is 5.82 Å². The number of benzene rings is 1. The van der Waals surface area contributed by atoms with Crippen LogP contribution in [0.15, 0.2) is 24.4 Å². The Balaban J connectivity index is 2.25. The zero-order valence-corrected chi connectivity index (χ0v) is 10.2. The molecule has 86 valence electrons. The SMILES string of the molecule is Cc1nn(C)cc1-c1nc2c(C)cccc2[nH]1. The number of imidazole rings is 1. The molecule has 2 aromatic heterocycles. The molecule has 0 atom stereocenters. The van der Waals surface area contributed by atoms with E-state index in [1.807, 2.05) is 37.0 Å². The van der Waals surface area contributed by atoms with Gasteiger partial charge in [-0.25, -0.2) is 4.98 Å². The lowest BCUT2D eigenvalue weighted by Gasteiger charge is -1.90. The van der Waals surface area contributed by atoms with E-state index in [1.165, 1.54) is 5.56 Å². The molecule has 1 N–H and O–H groups in total. The summed E-state index contributed by atoms with van der Waals surface area (Å²) < 4.78 is 1.81. The first-order valence-electron chi connectivity index (χ1n) is 5.61. The van der Waals surface area contributed by atoms with Crippen molar-refractivity contribution in [3.63, 3.8) is 0 Å². The molecule has 0 aliphatic heterocycles. The Kier molecular flexibility index (Phi) is 2.04. The highest BCUT2D eigenvalue weighted by Gasteiger charge is 2.11. The fourth-order valence-corrected chi connectivity index (χ4v) is 2.14. The molecule has 0 saturated carbocycles. The molecule has 0 spiro atoms. The van der Waals surface area contributed by atoms with E-state index in [9.17, 15) is 0 Å². The number of para-hydroxylation sites is 1. The van der Waals surface area contributed by atoms with Gasteiger partial charge < -0.3 is 4.98 Å². The van der Waals surface area contributed by atoms with Crippen molar-refractivity contribution < 1.29 is 0 Å². The van der Waals surface area contributed by atoms with Crippen molar-refractivity contribution in [1.82, 2.24) is 19.7 Å². The standard InChI is InChI=1S/C13H14N4/c1-8-5-4-6-11-12(8)15-13(14-11)10-7-17(3)16-9(10)2/h4-7H,1-3H3,(H,14,15). The minimum atomic E-state index is 0.889. The number of aromatic nitrogens is 4. The van der Waals surface area contributed by atoms with Crippen LogP contribution in [0.2, 0.25) is 0 Å². The molecule has 2 heterocycles. The van der Waals surface area contributed by atoms with E-state index >= 15 is 0 Å². The summed E-state index contributed by atoms with van der Waals surface area (Å²) in [5.41, 5.74) is 5.34. The maximum atomic E-state index is 4.65. The fourth-order valence-electron chi connectivity index (χ4n) is 2.14. The third kappa shape index (κ3) is 1.53. The molecule has 0 aliphatic rings. The molecule has 0 fully saturated rings. The molecule has 0 unspecified atom stereocenters. The highest BCUT2D eigenvalue weighted by molar-refractivity contribution is 5.82. The van der Waals surface area contributed by atoms with Gasteiger partial charge in [0.25, 0.3) is 0 Å².